The van der Waals surface area contributed by atoms with E-state index in [2.05, 4.69) is 15.6 Å². The second-order valence-corrected chi connectivity index (χ2v) is 7.85. The topological polar surface area (TPSA) is 98.3 Å². The van der Waals surface area contributed by atoms with Crippen LogP contribution in [-0.4, -0.2) is 73.5 Å². The largest absolute Gasteiger partial charge is 0.493 e. The number of nitrogens with zero attached hydrogens (tertiary/aromatic N) is 1. The molecule has 156 valence electrons. The van der Waals surface area contributed by atoms with Crippen molar-refractivity contribution in [3.05, 3.63) is 24.3 Å². The fourth-order valence-electron chi connectivity index (χ4n) is 1.93. The van der Waals surface area contributed by atoms with Gasteiger partial charge < -0.3 is 24.8 Å². The highest BCUT2D eigenvalue weighted by Crippen LogP contribution is 2.17. The maximum atomic E-state index is 11.0. The predicted octanol–water partition coefficient (Wildman–Crippen LogP) is 1.77. The number of anilines is 1. The van der Waals surface area contributed by atoms with E-state index in [9.17, 15) is 8.42 Å². The molecule has 1 rings (SSSR count). The van der Waals surface area contributed by atoms with Gasteiger partial charge in [-0.1, -0.05) is 6.07 Å². The highest BCUT2D eigenvalue weighted by atomic mass is 127. The molecule has 0 saturated heterocycles. The summed E-state index contributed by atoms with van der Waals surface area (Å²) in [6.07, 6.45) is 2.02. The van der Waals surface area contributed by atoms with E-state index in [0.717, 1.165) is 17.9 Å². The van der Waals surface area contributed by atoms with Crippen LogP contribution >= 0.6 is 24.0 Å². The van der Waals surface area contributed by atoms with Gasteiger partial charge >= 0.3 is 0 Å². The molecule has 0 unspecified atom stereocenters. The Balaban J connectivity index is 0.00000676. The molecule has 0 aromatic heterocycles. The lowest BCUT2D eigenvalue weighted by Crippen LogP contribution is -2.33. The van der Waals surface area contributed by atoms with Crippen molar-refractivity contribution >= 4 is 45.5 Å². The van der Waals surface area contributed by atoms with Gasteiger partial charge in [-0.05, 0) is 12.1 Å². The molecule has 0 atom stereocenters. The third kappa shape index (κ3) is 13.7. The molecule has 2 N–H and O–H groups in total. The highest BCUT2D eigenvalue weighted by Gasteiger charge is 2.03. The number of aliphatic imine (C=N–C) groups is 1. The monoisotopic (exact) mass is 515 g/mol. The third-order valence-corrected chi connectivity index (χ3v) is 4.13. The summed E-state index contributed by atoms with van der Waals surface area (Å²) < 4.78 is 38.0. The summed E-state index contributed by atoms with van der Waals surface area (Å²) in [5.74, 6) is 1.39. The zero-order valence-electron chi connectivity index (χ0n) is 16.1. The number of rotatable bonds is 12. The van der Waals surface area contributed by atoms with Gasteiger partial charge in [0.25, 0.3) is 0 Å². The standard InChI is InChI=1S/C17H29N3O5S.HI/c1-18-17(19-8-11-24-12-13-26(3,21)22)20-15-6-4-7-16(14-15)25-10-5-9-23-2;/h4,6-7,14H,5,8-13H2,1-3H3,(H2,18,19,20);1H. The minimum Gasteiger partial charge on any atom is -0.493 e. The molecule has 0 spiro atoms. The van der Waals surface area contributed by atoms with E-state index in [4.69, 9.17) is 14.2 Å². The van der Waals surface area contributed by atoms with Crippen LogP contribution in [-0.2, 0) is 19.3 Å². The van der Waals surface area contributed by atoms with Gasteiger partial charge in [-0.3, -0.25) is 4.99 Å². The van der Waals surface area contributed by atoms with Crippen molar-refractivity contribution in [3.8, 4) is 5.75 Å². The number of hydrogen-bond acceptors (Lipinski definition) is 6. The first-order valence-electron chi connectivity index (χ1n) is 8.39. The van der Waals surface area contributed by atoms with Crippen LogP contribution in [0.15, 0.2) is 29.3 Å². The molecule has 0 amide bonds. The van der Waals surface area contributed by atoms with Gasteiger partial charge in [0.05, 0.1) is 25.6 Å². The normalized spacial score (nSPS) is 11.6. The maximum absolute atomic E-state index is 11.0. The predicted molar refractivity (Wildman–Crippen MR) is 119 cm³/mol. The molecular weight excluding hydrogens is 485 g/mol. The molecule has 1 aromatic rings. The molecular formula is C17H30IN3O5S. The van der Waals surface area contributed by atoms with E-state index in [-0.39, 0.29) is 36.3 Å². The zero-order chi connectivity index (χ0) is 19.3. The first-order valence-corrected chi connectivity index (χ1v) is 10.5. The smallest absolute Gasteiger partial charge is 0.195 e. The van der Waals surface area contributed by atoms with Crippen LogP contribution in [0.1, 0.15) is 6.42 Å². The quantitative estimate of drug-likeness (QED) is 0.190. The zero-order valence-corrected chi connectivity index (χ0v) is 19.2. The molecule has 0 aliphatic carbocycles. The number of methoxy groups -OCH3 is 1. The summed E-state index contributed by atoms with van der Waals surface area (Å²) in [6.45, 7) is 2.35. The SMILES string of the molecule is CN=C(NCCOCCS(C)(=O)=O)Nc1cccc(OCCCOC)c1.I. The third-order valence-electron chi connectivity index (χ3n) is 3.22. The number of hydrogen-bond donors (Lipinski definition) is 2. The Morgan fingerprint density at radius 3 is 2.63 bits per heavy atom. The summed E-state index contributed by atoms with van der Waals surface area (Å²) in [5, 5.41) is 6.27. The summed E-state index contributed by atoms with van der Waals surface area (Å²) in [4.78, 5) is 4.14. The number of halogens is 1. The van der Waals surface area contributed by atoms with Crippen molar-refractivity contribution in [3.63, 3.8) is 0 Å². The molecule has 1 aromatic carbocycles. The molecule has 0 heterocycles. The summed E-state index contributed by atoms with van der Waals surface area (Å²) in [5.41, 5.74) is 0.848. The highest BCUT2D eigenvalue weighted by molar-refractivity contribution is 14.0. The minimum absolute atomic E-state index is 0. The molecule has 10 heteroatoms. The average Bonchev–Trinajstić information content (AvgIpc) is 2.60. The van der Waals surface area contributed by atoms with Crippen LogP contribution in [0.2, 0.25) is 0 Å². The van der Waals surface area contributed by atoms with Crippen LogP contribution in [0.4, 0.5) is 5.69 Å². The minimum atomic E-state index is -2.99. The second-order valence-electron chi connectivity index (χ2n) is 5.59. The van der Waals surface area contributed by atoms with Gasteiger partial charge in [-0.25, -0.2) is 8.42 Å². The van der Waals surface area contributed by atoms with Crippen LogP contribution < -0.4 is 15.4 Å². The van der Waals surface area contributed by atoms with Crippen LogP contribution in [0, 0.1) is 0 Å². The van der Waals surface area contributed by atoms with E-state index in [1.807, 2.05) is 24.3 Å². The lowest BCUT2D eigenvalue weighted by Gasteiger charge is -2.13. The summed E-state index contributed by atoms with van der Waals surface area (Å²) >= 11 is 0. The Bertz CT molecular complexity index is 656. The number of guanidine groups is 1. The van der Waals surface area contributed by atoms with E-state index in [1.54, 1.807) is 14.2 Å². The van der Waals surface area contributed by atoms with Gasteiger partial charge in [0.2, 0.25) is 0 Å². The molecule has 0 aliphatic rings. The van der Waals surface area contributed by atoms with E-state index >= 15 is 0 Å². The van der Waals surface area contributed by atoms with Crippen LogP contribution in [0.25, 0.3) is 0 Å². The van der Waals surface area contributed by atoms with Crippen molar-refractivity contribution in [2.75, 3.05) is 64.5 Å². The Kier molecular flexibility index (Phi) is 14.3. The Morgan fingerprint density at radius 1 is 1.19 bits per heavy atom. The van der Waals surface area contributed by atoms with Crippen molar-refractivity contribution in [2.24, 2.45) is 4.99 Å². The molecule has 0 bridgehead atoms. The van der Waals surface area contributed by atoms with Crippen molar-refractivity contribution in [1.29, 1.82) is 0 Å². The second kappa shape index (κ2) is 14.9. The number of ether oxygens (including phenoxy) is 3. The average molecular weight is 515 g/mol. The molecule has 8 nitrogen and oxygen atoms in total. The van der Waals surface area contributed by atoms with Gasteiger partial charge in [0, 0.05) is 51.7 Å². The van der Waals surface area contributed by atoms with E-state index < -0.39 is 9.84 Å². The summed E-state index contributed by atoms with van der Waals surface area (Å²) in [7, 11) is 0.351. The number of nitrogens with one attached hydrogen (secondary N) is 2. The molecule has 0 radical (unpaired) electrons. The van der Waals surface area contributed by atoms with E-state index in [0.29, 0.717) is 32.3 Å². The molecule has 0 fully saturated rings. The fourth-order valence-corrected chi connectivity index (χ4v) is 2.35. The van der Waals surface area contributed by atoms with Crippen molar-refractivity contribution in [2.45, 2.75) is 6.42 Å². The Labute approximate surface area is 179 Å². The lowest BCUT2D eigenvalue weighted by atomic mass is 10.3. The van der Waals surface area contributed by atoms with Crippen molar-refractivity contribution < 1.29 is 22.6 Å². The van der Waals surface area contributed by atoms with Crippen LogP contribution in [0.3, 0.4) is 0 Å². The maximum Gasteiger partial charge on any atom is 0.195 e. The molecule has 27 heavy (non-hydrogen) atoms. The van der Waals surface area contributed by atoms with Gasteiger partial charge in [0.15, 0.2) is 5.96 Å². The van der Waals surface area contributed by atoms with Gasteiger partial charge in [-0.2, -0.15) is 0 Å². The van der Waals surface area contributed by atoms with E-state index in [1.165, 1.54) is 6.26 Å². The van der Waals surface area contributed by atoms with Crippen molar-refractivity contribution in [1.82, 2.24) is 5.32 Å². The van der Waals surface area contributed by atoms with Crippen LogP contribution in [0.5, 0.6) is 5.75 Å². The number of sulfone groups is 1. The Morgan fingerprint density at radius 2 is 1.96 bits per heavy atom. The first kappa shape index (κ1) is 25.9. The fraction of sp³-hybridized carbons (Fsp3) is 0.588. The lowest BCUT2D eigenvalue weighted by molar-refractivity contribution is 0.154. The summed E-state index contributed by atoms with van der Waals surface area (Å²) in [6, 6.07) is 7.60. The molecule has 0 aliphatic heterocycles. The van der Waals surface area contributed by atoms with Gasteiger partial charge in [-0.15, -0.1) is 24.0 Å². The van der Waals surface area contributed by atoms with Gasteiger partial charge in [0.1, 0.15) is 15.6 Å². The Hall–Kier alpha value is -1.11. The first-order chi connectivity index (χ1) is 12.4. The molecule has 0 saturated carbocycles. The number of benzene rings is 1.